The monoisotopic (exact) mass is 369 g/mol. The van der Waals surface area contributed by atoms with Crippen molar-refractivity contribution < 1.29 is 4.79 Å². The fourth-order valence-corrected chi connectivity index (χ4v) is 2.97. The lowest BCUT2D eigenvalue weighted by atomic mass is 10.2. The van der Waals surface area contributed by atoms with Crippen LogP contribution in [0.4, 0.5) is 5.82 Å². The molecule has 3 aromatic rings. The van der Waals surface area contributed by atoms with Crippen molar-refractivity contribution in [2.45, 2.75) is 32.1 Å². The summed E-state index contributed by atoms with van der Waals surface area (Å²) in [6.45, 7) is 5.48. The van der Waals surface area contributed by atoms with E-state index in [0.717, 1.165) is 0 Å². The van der Waals surface area contributed by atoms with Crippen molar-refractivity contribution in [3.05, 3.63) is 63.2 Å². The van der Waals surface area contributed by atoms with Crippen LogP contribution in [0.15, 0.2) is 40.0 Å². The third-order valence-corrected chi connectivity index (χ3v) is 4.38. The molecule has 26 heavy (non-hydrogen) atoms. The molecule has 1 aromatic carbocycles. The molecule has 3 rings (SSSR count). The maximum Gasteiger partial charge on any atom is 0.257 e. The van der Waals surface area contributed by atoms with Crippen molar-refractivity contribution in [1.82, 2.24) is 19.7 Å². The average Bonchev–Trinajstić information content (AvgIpc) is 2.95. The molecule has 0 atom stereocenters. The number of benzene rings is 1. The molecular weight excluding hydrogens is 350 g/mol. The fourth-order valence-electron chi connectivity index (χ4n) is 2.71. The number of nitrogens with one attached hydrogen (secondary N) is 2. The highest BCUT2D eigenvalue weighted by Gasteiger charge is 2.16. The normalized spacial score (nSPS) is 10.8. The maximum absolute atomic E-state index is 12.6. The summed E-state index contributed by atoms with van der Waals surface area (Å²) in [6, 6.07) is 8.71. The highest BCUT2D eigenvalue weighted by Crippen LogP contribution is 2.18. The van der Waals surface area contributed by atoms with E-state index >= 15 is 0 Å². The number of nitrogens with zero attached hydrogens (tertiary/aromatic N) is 3. The third-order valence-electron chi connectivity index (χ3n) is 3.99. The van der Waals surface area contributed by atoms with Crippen LogP contribution in [-0.2, 0) is 6.42 Å². The van der Waals surface area contributed by atoms with Crippen LogP contribution in [0.25, 0.3) is 5.95 Å². The van der Waals surface area contributed by atoms with Gasteiger partial charge in [-0.05, 0) is 32.4 Å². The standard InChI is InChI=1S/C18H19N5O2S/c1-4-12-11(3)19-18(21-16(12)24)23-15(9-10(2)22-23)20-17(25)13-7-5-6-8-14(13)26/h5-9,26H,4H2,1-3H3,(H,20,25)(H,19,21,24). The molecule has 7 nitrogen and oxygen atoms in total. The van der Waals surface area contributed by atoms with Gasteiger partial charge in [-0.25, -0.2) is 4.98 Å². The Morgan fingerprint density at radius 3 is 2.69 bits per heavy atom. The van der Waals surface area contributed by atoms with Gasteiger partial charge in [0, 0.05) is 22.2 Å². The molecule has 8 heteroatoms. The van der Waals surface area contributed by atoms with E-state index in [1.807, 2.05) is 6.92 Å². The molecule has 0 aliphatic carbocycles. The minimum Gasteiger partial charge on any atom is -0.306 e. The number of hydrogen-bond acceptors (Lipinski definition) is 5. The van der Waals surface area contributed by atoms with Gasteiger partial charge in [-0.3, -0.25) is 14.6 Å². The van der Waals surface area contributed by atoms with E-state index in [9.17, 15) is 9.59 Å². The van der Waals surface area contributed by atoms with E-state index in [-0.39, 0.29) is 17.4 Å². The predicted molar refractivity (Wildman–Crippen MR) is 102 cm³/mol. The molecule has 0 radical (unpaired) electrons. The van der Waals surface area contributed by atoms with Crippen molar-refractivity contribution in [3.63, 3.8) is 0 Å². The summed E-state index contributed by atoms with van der Waals surface area (Å²) in [5, 5.41) is 7.14. The van der Waals surface area contributed by atoms with Crippen LogP contribution < -0.4 is 10.9 Å². The van der Waals surface area contributed by atoms with Gasteiger partial charge in [0.05, 0.1) is 11.3 Å². The van der Waals surface area contributed by atoms with Crippen LogP contribution in [0.1, 0.15) is 34.2 Å². The molecule has 2 heterocycles. The molecule has 1 amide bonds. The second-order valence-electron chi connectivity index (χ2n) is 5.86. The van der Waals surface area contributed by atoms with Gasteiger partial charge in [-0.2, -0.15) is 9.78 Å². The first-order valence-corrected chi connectivity index (χ1v) is 8.61. The van der Waals surface area contributed by atoms with E-state index in [1.54, 1.807) is 44.2 Å². The minimum atomic E-state index is -0.319. The summed E-state index contributed by atoms with van der Waals surface area (Å²) in [4.78, 5) is 32.5. The lowest BCUT2D eigenvalue weighted by Gasteiger charge is -2.10. The average molecular weight is 369 g/mol. The lowest BCUT2D eigenvalue weighted by molar-refractivity contribution is 0.102. The van der Waals surface area contributed by atoms with Crippen LogP contribution in [-0.4, -0.2) is 25.7 Å². The zero-order chi connectivity index (χ0) is 18.8. The van der Waals surface area contributed by atoms with Gasteiger partial charge >= 0.3 is 0 Å². The third kappa shape index (κ3) is 3.41. The van der Waals surface area contributed by atoms with Crippen molar-refractivity contribution in [2.24, 2.45) is 0 Å². The van der Waals surface area contributed by atoms with Crippen LogP contribution >= 0.6 is 12.6 Å². The van der Waals surface area contributed by atoms with Crippen molar-refractivity contribution in [3.8, 4) is 5.95 Å². The van der Waals surface area contributed by atoms with Gasteiger partial charge in [-0.1, -0.05) is 19.1 Å². The topological polar surface area (TPSA) is 92.7 Å². The largest absolute Gasteiger partial charge is 0.306 e. The number of aryl methyl sites for hydroxylation is 2. The van der Waals surface area contributed by atoms with Gasteiger partial charge in [0.2, 0.25) is 5.95 Å². The minimum absolute atomic E-state index is 0.207. The second kappa shape index (κ2) is 7.17. The Kier molecular flexibility index (Phi) is 4.94. The Hall–Kier alpha value is -2.87. The highest BCUT2D eigenvalue weighted by molar-refractivity contribution is 7.80. The van der Waals surface area contributed by atoms with Crippen LogP contribution in [0.3, 0.4) is 0 Å². The first-order chi connectivity index (χ1) is 12.4. The molecule has 0 fully saturated rings. The van der Waals surface area contributed by atoms with Crippen LogP contribution in [0, 0.1) is 13.8 Å². The molecule has 2 N–H and O–H groups in total. The predicted octanol–water partition coefficient (Wildman–Crippen LogP) is 2.68. The Morgan fingerprint density at radius 1 is 1.31 bits per heavy atom. The molecule has 134 valence electrons. The maximum atomic E-state index is 12.6. The Bertz CT molecular complexity index is 1040. The van der Waals surface area contributed by atoms with Gasteiger partial charge in [-0.15, -0.1) is 12.6 Å². The summed E-state index contributed by atoms with van der Waals surface area (Å²) >= 11 is 4.31. The van der Waals surface area contributed by atoms with Crippen molar-refractivity contribution in [2.75, 3.05) is 5.32 Å². The molecule has 0 saturated heterocycles. The van der Waals surface area contributed by atoms with Crippen molar-refractivity contribution in [1.29, 1.82) is 0 Å². The molecule has 0 unspecified atom stereocenters. The zero-order valence-corrected chi connectivity index (χ0v) is 15.6. The number of aromatic amines is 1. The lowest BCUT2D eigenvalue weighted by Crippen LogP contribution is -2.22. The summed E-state index contributed by atoms with van der Waals surface area (Å²) in [5.41, 5.74) is 2.19. The molecule has 0 spiro atoms. The number of carbonyl (C=O) groups excluding carboxylic acids is 1. The van der Waals surface area contributed by atoms with Crippen molar-refractivity contribution >= 4 is 24.4 Å². The summed E-state index contributed by atoms with van der Waals surface area (Å²) in [5.74, 6) is 0.351. The van der Waals surface area contributed by atoms with E-state index < -0.39 is 0 Å². The number of anilines is 1. The SMILES string of the molecule is CCc1c(C)nc(-n2nc(C)cc2NC(=O)c2ccccc2S)[nH]c1=O. The fraction of sp³-hybridized carbons (Fsp3) is 0.222. The molecule has 0 aliphatic rings. The van der Waals surface area contributed by atoms with E-state index in [1.165, 1.54) is 4.68 Å². The Balaban J connectivity index is 2.01. The number of carbonyl (C=O) groups is 1. The first kappa shape index (κ1) is 17.9. The van der Waals surface area contributed by atoms with Gasteiger partial charge < -0.3 is 5.32 Å². The zero-order valence-electron chi connectivity index (χ0n) is 14.7. The van der Waals surface area contributed by atoms with Crippen LogP contribution in [0.5, 0.6) is 0 Å². The molecule has 0 bridgehead atoms. The quantitative estimate of drug-likeness (QED) is 0.617. The van der Waals surface area contributed by atoms with Gasteiger partial charge in [0.1, 0.15) is 5.82 Å². The number of rotatable bonds is 4. The van der Waals surface area contributed by atoms with Gasteiger partial charge in [0.25, 0.3) is 11.5 Å². The highest BCUT2D eigenvalue weighted by atomic mass is 32.1. The van der Waals surface area contributed by atoms with E-state index in [0.29, 0.717) is 39.6 Å². The Morgan fingerprint density at radius 2 is 2.04 bits per heavy atom. The molecular formula is C18H19N5O2S. The molecule has 2 aromatic heterocycles. The van der Waals surface area contributed by atoms with E-state index in [2.05, 4.69) is 33.0 Å². The van der Waals surface area contributed by atoms with Gasteiger partial charge in [0.15, 0.2) is 0 Å². The number of H-pyrrole nitrogens is 1. The number of aromatic nitrogens is 4. The second-order valence-corrected chi connectivity index (χ2v) is 6.34. The number of amides is 1. The summed E-state index contributed by atoms with van der Waals surface area (Å²) in [7, 11) is 0. The molecule has 0 saturated carbocycles. The smallest absolute Gasteiger partial charge is 0.257 e. The summed E-state index contributed by atoms with van der Waals surface area (Å²) < 4.78 is 1.42. The summed E-state index contributed by atoms with van der Waals surface area (Å²) in [6.07, 6.45) is 0.592. The van der Waals surface area contributed by atoms with Crippen LogP contribution in [0.2, 0.25) is 0 Å². The number of thiol groups is 1. The molecule has 0 aliphatic heterocycles. The Labute approximate surface area is 155 Å². The first-order valence-electron chi connectivity index (χ1n) is 8.17. The van der Waals surface area contributed by atoms with E-state index in [4.69, 9.17) is 0 Å². The number of hydrogen-bond donors (Lipinski definition) is 3.